The van der Waals surface area contributed by atoms with Crippen molar-refractivity contribution in [2.75, 3.05) is 18.2 Å². The van der Waals surface area contributed by atoms with Gasteiger partial charge in [-0.1, -0.05) is 42.0 Å². The summed E-state index contributed by atoms with van der Waals surface area (Å²) in [6.07, 6.45) is -17.1. The highest BCUT2D eigenvalue weighted by atomic mass is 19.4. The molecule has 11 N–H and O–H groups in total. The van der Waals surface area contributed by atoms with Crippen LogP contribution in [0.1, 0.15) is 119 Å². The van der Waals surface area contributed by atoms with Crippen LogP contribution in [-0.4, -0.2) is 85.2 Å². The van der Waals surface area contributed by atoms with Crippen LogP contribution in [0, 0.1) is 13.8 Å². The first-order valence-electron chi connectivity index (χ1n) is 29.6. The molecule has 1 aliphatic heterocycles. The number of hydrogen-bond donors (Lipinski definition) is 9. The number of hydrazone groups is 2. The van der Waals surface area contributed by atoms with Gasteiger partial charge in [0.25, 0.3) is 0 Å². The molecule has 0 saturated carbocycles. The van der Waals surface area contributed by atoms with Gasteiger partial charge in [-0.15, -0.1) is 0 Å². The number of halogens is 9. The van der Waals surface area contributed by atoms with Crippen LogP contribution in [0.2, 0.25) is 0 Å². The van der Waals surface area contributed by atoms with E-state index in [-0.39, 0.29) is 140 Å². The third kappa shape index (κ3) is 16.3. The number of nitrogens with one attached hydrogen (secondary N) is 4. The lowest BCUT2D eigenvalue weighted by Gasteiger charge is -2.26. The zero-order chi connectivity index (χ0) is 70.6. The number of aromatic hydroxyl groups is 2. The highest BCUT2D eigenvalue weighted by Crippen LogP contribution is 2.46. The molecule has 9 rings (SSSR count). The fourth-order valence-electron chi connectivity index (χ4n) is 11.2. The highest BCUT2D eigenvalue weighted by Gasteiger charge is 2.38. The van der Waals surface area contributed by atoms with Crippen LogP contribution < -0.4 is 38.1 Å². The van der Waals surface area contributed by atoms with E-state index in [2.05, 4.69) is 31.9 Å². The van der Waals surface area contributed by atoms with E-state index in [0.717, 1.165) is 52.7 Å². The molecule has 0 unspecified atom stereocenters. The SMILES string of the molecule is CC(=NNC(=O)CCC(N)=O)c1c(O)n(-c2ccc(C)cc2)c2cc(C(F)(F)F)cc(Cc3cc(C)cc(-n4c(O)c(C=NNC(=O)CCC(N)=O)c5cc(Cc6ccc(N7COC/C(=C(/C)NNC(=O)CCC(=O)O)c8ccc(C(F)(F)F)cc87)cc6)c(C(F)(F)F)cc54)c3)c12. The number of rotatable bonds is 22. The Kier molecular flexibility index (Phi) is 20.6. The number of anilines is 2. The van der Waals surface area contributed by atoms with Gasteiger partial charge in [-0.05, 0) is 141 Å². The summed E-state index contributed by atoms with van der Waals surface area (Å²) in [5.41, 5.74) is 18.1. The van der Waals surface area contributed by atoms with Gasteiger partial charge in [-0.2, -0.15) is 49.7 Å². The fourth-order valence-corrected chi connectivity index (χ4v) is 11.2. The molecule has 0 spiro atoms. The number of allylic oxidation sites excluding steroid dienone is 1. The summed E-state index contributed by atoms with van der Waals surface area (Å²) >= 11 is 0. The molecule has 2 aromatic heterocycles. The van der Waals surface area contributed by atoms with E-state index < -0.39 is 102 Å². The number of nitrogens with two attached hydrogens (primary N) is 2. The maximum atomic E-state index is 15.7. The molecule has 8 aromatic rings. The maximum absolute atomic E-state index is 15.7. The van der Waals surface area contributed by atoms with Crippen molar-refractivity contribution in [3.05, 3.63) is 182 Å². The summed E-state index contributed by atoms with van der Waals surface area (Å²) < 4.78 is 144. The normalized spacial score (nSPS) is 13.6. The summed E-state index contributed by atoms with van der Waals surface area (Å²) in [4.78, 5) is 73.1. The number of aryl methyl sites for hydroxylation is 2. The molecule has 0 atom stereocenters. The van der Waals surface area contributed by atoms with Crippen molar-refractivity contribution in [2.45, 2.75) is 97.6 Å². The van der Waals surface area contributed by atoms with Gasteiger partial charge in [0.15, 0.2) is 0 Å². The Hall–Kier alpha value is -11.2. The molecular formula is C67H62F9N11O10. The molecule has 0 saturated heterocycles. The first-order chi connectivity index (χ1) is 45.7. The van der Waals surface area contributed by atoms with Crippen molar-refractivity contribution in [3.8, 4) is 23.1 Å². The summed E-state index contributed by atoms with van der Waals surface area (Å²) in [5, 5.41) is 41.5. The minimum absolute atomic E-state index is 0.00216. The number of aliphatic carboxylic acids is 1. The number of carbonyl (C=O) groups is 6. The third-order valence-electron chi connectivity index (χ3n) is 15.8. The van der Waals surface area contributed by atoms with Crippen LogP contribution in [-0.2, 0) is 64.9 Å². The van der Waals surface area contributed by atoms with Crippen molar-refractivity contribution in [3.63, 3.8) is 0 Å². The van der Waals surface area contributed by atoms with Gasteiger partial charge in [0.05, 0.1) is 69.5 Å². The second kappa shape index (κ2) is 28.4. The van der Waals surface area contributed by atoms with Crippen LogP contribution in [0.5, 0.6) is 11.8 Å². The van der Waals surface area contributed by atoms with Crippen molar-refractivity contribution in [2.24, 2.45) is 21.7 Å². The number of hydrogen-bond acceptors (Lipinski definition) is 13. The standard InChI is InChI=1S/C67H62F9N11O10/c1-34-5-10-45(11-6-34)86-54-29-43(66(71,72)73)26-41(62(54)61(64(86)96)37(4)81-84-58(91)18-16-56(78)89)24-39-21-35(2)22-46(25-39)87-53-30-51(67(74,75)76)40(27-48(53)49(63(87)95)31-79-82-57(90)17-15-55(77)88)23-38-7-12-44(13-8-38)85-33-97-32-50(36(3)80-83-59(92)19-20-60(93)94)47-14-9-42(28-52(47)85)65(68,69)70/h5-14,21-22,25-31,80,95-96H,15-20,23-24,32-33H2,1-4H3,(H2,77,88)(H2,78,89)(H,82,90)(H,83,92)(H,84,91)(H,93,94)/b50-36+,79-31?,81-37?. The Morgan fingerprint density at radius 3 is 1.85 bits per heavy atom. The minimum atomic E-state index is -5.11. The number of amides is 5. The number of carboxylic acids is 1. The van der Waals surface area contributed by atoms with Gasteiger partial charge in [0.1, 0.15) is 6.73 Å². The number of carbonyl (C=O) groups excluding carboxylic acids is 5. The minimum Gasteiger partial charge on any atom is -0.494 e. The zero-order valence-electron chi connectivity index (χ0n) is 52.0. The largest absolute Gasteiger partial charge is 0.494 e. The maximum Gasteiger partial charge on any atom is 0.416 e. The predicted molar refractivity (Wildman–Crippen MR) is 340 cm³/mol. The predicted octanol–water partition coefficient (Wildman–Crippen LogP) is 11.0. The molecule has 5 amide bonds. The lowest BCUT2D eigenvalue weighted by molar-refractivity contribution is -0.139. The molecule has 508 valence electrons. The van der Waals surface area contributed by atoms with Crippen molar-refractivity contribution < 1.29 is 88.3 Å². The molecule has 3 heterocycles. The number of nitrogens with zero attached hydrogens (tertiary/aromatic N) is 5. The molecule has 6 aromatic carbocycles. The van der Waals surface area contributed by atoms with E-state index in [1.54, 1.807) is 44.2 Å². The van der Waals surface area contributed by atoms with Gasteiger partial charge in [-0.25, -0.2) is 10.9 Å². The molecule has 0 fully saturated rings. The molecule has 97 heavy (non-hydrogen) atoms. The molecular weight excluding hydrogens is 1290 g/mol. The fraction of sp³-hybridized carbons (Fsp3) is 0.254. The van der Waals surface area contributed by atoms with Gasteiger partial charge in [-0.3, -0.25) is 43.3 Å². The van der Waals surface area contributed by atoms with E-state index >= 15 is 26.3 Å². The number of ether oxygens (including phenoxy) is 1. The Bertz CT molecular complexity index is 4530. The van der Waals surface area contributed by atoms with Gasteiger partial charge >= 0.3 is 24.5 Å². The zero-order valence-corrected chi connectivity index (χ0v) is 52.0. The van der Waals surface area contributed by atoms with E-state index in [0.29, 0.717) is 11.1 Å². The van der Waals surface area contributed by atoms with Crippen LogP contribution in [0.15, 0.2) is 125 Å². The van der Waals surface area contributed by atoms with Crippen LogP contribution >= 0.6 is 0 Å². The van der Waals surface area contributed by atoms with Crippen molar-refractivity contribution in [1.29, 1.82) is 0 Å². The average Bonchev–Trinajstić information content (AvgIpc) is 1.12. The quantitative estimate of drug-likeness (QED) is 0.0174. The lowest BCUT2D eigenvalue weighted by atomic mass is 9.94. The lowest BCUT2D eigenvalue weighted by Crippen LogP contribution is -2.36. The van der Waals surface area contributed by atoms with Gasteiger partial charge in [0, 0.05) is 76.8 Å². The third-order valence-corrected chi connectivity index (χ3v) is 15.8. The molecule has 0 aliphatic carbocycles. The molecule has 0 radical (unpaired) electrons. The monoisotopic (exact) mass is 1350 g/mol. The Morgan fingerprint density at radius 2 is 1.22 bits per heavy atom. The number of alkyl halides is 9. The van der Waals surface area contributed by atoms with Gasteiger partial charge < -0.3 is 41.8 Å². The van der Waals surface area contributed by atoms with E-state index in [9.17, 15) is 52.2 Å². The second-order valence-electron chi connectivity index (χ2n) is 23.0. The average molecular weight is 1350 g/mol. The summed E-state index contributed by atoms with van der Waals surface area (Å²) in [6, 6.07) is 23.2. The van der Waals surface area contributed by atoms with Crippen LogP contribution in [0.4, 0.5) is 50.9 Å². The topological polar surface area (TPSA) is 310 Å². The molecule has 30 heteroatoms. The summed E-state index contributed by atoms with van der Waals surface area (Å²) in [5.74, 6) is -6.35. The van der Waals surface area contributed by atoms with Gasteiger partial charge in [0.2, 0.25) is 41.3 Å². The van der Waals surface area contributed by atoms with Crippen LogP contribution in [0.3, 0.4) is 0 Å². The second-order valence-corrected chi connectivity index (χ2v) is 23.0. The highest BCUT2D eigenvalue weighted by molar-refractivity contribution is 6.14. The van der Waals surface area contributed by atoms with E-state index in [4.69, 9.17) is 21.3 Å². The van der Waals surface area contributed by atoms with Crippen molar-refractivity contribution in [1.82, 2.24) is 30.8 Å². The number of hydrazine groups is 1. The summed E-state index contributed by atoms with van der Waals surface area (Å²) in [6.45, 7) is 5.71. The first-order valence-corrected chi connectivity index (χ1v) is 29.6. The molecule has 1 aliphatic rings. The number of primary amides is 2. The van der Waals surface area contributed by atoms with Crippen molar-refractivity contribution >= 4 is 86.2 Å². The Balaban J connectivity index is 1.15. The Labute approximate surface area is 545 Å². The van der Waals surface area contributed by atoms with Crippen LogP contribution in [0.25, 0.3) is 38.8 Å². The number of carboxylic acid groups (broad SMARTS) is 1. The molecule has 21 nitrogen and oxygen atoms in total. The van der Waals surface area contributed by atoms with E-state index in [1.165, 1.54) is 65.8 Å². The summed E-state index contributed by atoms with van der Waals surface area (Å²) in [7, 11) is 0. The first kappa shape index (κ1) is 70.2. The number of fused-ring (bicyclic) bond motifs is 3. The molecule has 0 bridgehead atoms. The van der Waals surface area contributed by atoms with E-state index in [1.807, 2.05) is 0 Å². The Morgan fingerprint density at radius 1 is 0.598 bits per heavy atom. The smallest absolute Gasteiger partial charge is 0.416 e. The number of benzene rings is 6. The number of aromatic nitrogens is 2.